The zero-order chi connectivity index (χ0) is 38.6. The van der Waals surface area contributed by atoms with E-state index in [4.69, 9.17) is 21.4 Å². The Hall–Kier alpha value is -4.24. The Labute approximate surface area is 317 Å². The van der Waals surface area contributed by atoms with Crippen molar-refractivity contribution in [2.45, 2.75) is 76.1 Å². The summed E-state index contributed by atoms with van der Waals surface area (Å²) >= 11 is 6.00. The minimum Gasteiger partial charge on any atom is -0.506 e. The van der Waals surface area contributed by atoms with Crippen molar-refractivity contribution in [2.75, 3.05) is 57.7 Å². The summed E-state index contributed by atoms with van der Waals surface area (Å²) in [7, 11) is 0. The lowest BCUT2D eigenvalue weighted by molar-refractivity contribution is -0.143. The van der Waals surface area contributed by atoms with Crippen LogP contribution < -0.4 is 5.32 Å². The Bertz CT molecular complexity index is 1690. The summed E-state index contributed by atoms with van der Waals surface area (Å²) in [6.07, 6.45) is -2.44. The summed E-state index contributed by atoms with van der Waals surface area (Å²) < 4.78 is 47.1. The van der Waals surface area contributed by atoms with E-state index in [1.165, 1.54) is 4.90 Å². The maximum Gasteiger partial charge on any atom is 0.420 e. The average Bonchev–Trinajstić information content (AvgIpc) is 3.32. The molecule has 0 aromatic heterocycles. The van der Waals surface area contributed by atoms with Crippen molar-refractivity contribution in [3.8, 4) is 5.75 Å². The minimum absolute atomic E-state index is 0.0206. The number of hydrogen-bond acceptors (Lipinski definition) is 7. The van der Waals surface area contributed by atoms with Gasteiger partial charge in [-0.05, 0) is 99.2 Å². The molecule has 0 unspecified atom stereocenters. The molecule has 4 amide bonds. The number of urea groups is 1. The number of aromatic hydroxyl groups is 1. The van der Waals surface area contributed by atoms with Gasteiger partial charge in [-0.3, -0.25) is 9.59 Å². The number of halogens is 4. The normalized spacial score (nSPS) is 20.2. The van der Waals surface area contributed by atoms with Gasteiger partial charge in [0.2, 0.25) is 0 Å². The van der Waals surface area contributed by atoms with Crippen LogP contribution in [0.1, 0.15) is 61.6 Å². The predicted octanol–water partition coefficient (Wildman–Crippen LogP) is 6.09. The van der Waals surface area contributed by atoms with Crippen LogP contribution in [0.2, 0.25) is 5.02 Å². The third-order valence-corrected chi connectivity index (χ3v) is 11.8. The number of phenolic OH excluding ortho intramolecular Hbond substituents is 1. The Morgan fingerprint density at radius 2 is 1.54 bits per heavy atom. The fraction of sp³-hybridized carbons (Fsp3) is 0.579. The van der Waals surface area contributed by atoms with Gasteiger partial charge in [0.15, 0.2) is 6.10 Å². The van der Waals surface area contributed by atoms with Gasteiger partial charge < -0.3 is 39.9 Å². The molecule has 4 aliphatic heterocycles. The first-order valence-corrected chi connectivity index (χ1v) is 19.1. The SMILES string of the molecule is O=C(O)CCN1CCC(C2CCN(C(=O)[C@@H](Cc3cc(Cl)c(O)c(C(F)(F)F)c3)OC(=O)N3CCC(N4CCc5ccccc5NC4=O)CC3)CC2)CC1. The number of anilines is 1. The number of nitrogens with one attached hydrogen (secondary N) is 1. The minimum atomic E-state index is -4.91. The number of phenols is 1. The molecule has 0 saturated carbocycles. The quantitative estimate of drug-likeness (QED) is 0.278. The van der Waals surface area contributed by atoms with Crippen LogP contribution >= 0.6 is 11.6 Å². The van der Waals surface area contributed by atoms with E-state index in [1.807, 2.05) is 24.3 Å². The second-order valence-corrected chi connectivity index (χ2v) is 15.2. The van der Waals surface area contributed by atoms with Crippen molar-refractivity contribution in [3.05, 3.63) is 58.1 Å². The third kappa shape index (κ3) is 9.52. The van der Waals surface area contributed by atoms with Crippen LogP contribution in [-0.4, -0.2) is 118 Å². The number of carbonyl (C=O) groups is 4. The number of piperidine rings is 3. The zero-order valence-electron chi connectivity index (χ0n) is 30.0. The summed E-state index contributed by atoms with van der Waals surface area (Å²) in [4.78, 5) is 58.7. The molecule has 1 atom stereocenters. The highest BCUT2D eigenvalue weighted by atomic mass is 35.5. The summed E-state index contributed by atoms with van der Waals surface area (Å²) in [5.41, 5.74) is 0.452. The lowest BCUT2D eigenvalue weighted by atomic mass is 9.78. The number of fused-ring (bicyclic) bond motifs is 1. The molecule has 6 rings (SSSR count). The number of para-hydroxylation sites is 1. The number of nitrogens with zero attached hydrogens (tertiary/aromatic N) is 4. The molecule has 294 valence electrons. The molecule has 54 heavy (non-hydrogen) atoms. The van der Waals surface area contributed by atoms with Gasteiger partial charge in [-0.15, -0.1) is 0 Å². The van der Waals surface area contributed by atoms with E-state index in [9.17, 15) is 37.5 Å². The van der Waals surface area contributed by atoms with E-state index >= 15 is 0 Å². The highest BCUT2D eigenvalue weighted by Gasteiger charge is 2.39. The summed E-state index contributed by atoms with van der Waals surface area (Å²) in [5, 5.41) is 21.5. The summed E-state index contributed by atoms with van der Waals surface area (Å²) in [6, 6.07) is 9.17. The second kappa shape index (κ2) is 17.1. The van der Waals surface area contributed by atoms with Crippen molar-refractivity contribution >= 4 is 41.3 Å². The van der Waals surface area contributed by atoms with Crippen molar-refractivity contribution in [2.24, 2.45) is 11.8 Å². The van der Waals surface area contributed by atoms with E-state index in [-0.39, 0.29) is 43.6 Å². The van der Waals surface area contributed by atoms with E-state index in [0.717, 1.165) is 62.2 Å². The standard InChI is InChI=1S/C38H47ClF3N5O7/c39-30-22-24(21-29(34(30)50)38(40,41)42)23-32(35(51)45-16-7-26(8-17-45)25-5-13-44(14-6-25)15-12-33(48)49)54-37(53)46-18-10-28(11-19-46)47-20-9-27-3-1-2-4-31(27)43-36(47)52/h1-4,21-22,25-26,28,32,50H,5-20,23H2,(H,43,52)(H,48,49)/t32-/m1/s1. The Morgan fingerprint density at radius 3 is 2.19 bits per heavy atom. The Balaban J connectivity index is 1.09. The molecule has 0 bridgehead atoms. The highest BCUT2D eigenvalue weighted by molar-refractivity contribution is 6.32. The molecule has 0 aliphatic carbocycles. The summed E-state index contributed by atoms with van der Waals surface area (Å²) in [5.74, 6) is -1.65. The molecule has 2 aromatic rings. The van der Waals surface area contributed by atoms with Gasteiger partial charge in [0, 0.05) is 57.4 Å². The van der Waals surface area contributed by atoms with E-state index in [1.54, 1.807) is 9.80 Å². The molecule has 0 radical (unpaired) electrons. The molecular weight excluding hydrogens is 731 g/mol. The molecule has 3 saturated heterocycles. The van der Waals surface area contributed by atoms with Crippen molar-refractivity contribution in [1.29, 1.82) is 0 Å². The molecule has 16 heteroatoms. The molecular formula is C38H47ClF3N5O7. The van der Waals surface area contributed by atoms with Gasteiger partial charge in [0.05, 0.1) is 17.0 Å². The lowest BCUT2D eigenvalue weighted by Gasteiger charge is -2.41. The number of carboxylic acid groups (broad SMARTS) is 1. The molecule has 3 N–H and O–H groups in total. The first-order valence-electron chi connectivity index (χ1n) is 18.7. The van der Waals surface area contributed by atoms with Crippen molar-refractivity contribution in [3.63, 3.8) is 0 Å². The second-order valence-electron chi connectivity index (χ2n) is 14.8. The number of rotatable bonds is 9. The number of aliphatic carboxylic acids is 1. The van der Waals surface area contributed by atoms with Crippen LogP contribution in [0.3, 0.4) is 0 Å². The van der Waals surface area contributed by atoms with Crippen LogP contribution in [0.25, 0.3) is 0 Å². The highest BCUT2D eigenvalue weighted by Crippen LogP contribution is 2.41. The molecule has 4 heterocycles. The number of hydrogen-bond donors (Lipinski definition) is 3. The van der Waals surface area contributed by atoms with Gasteiger partial charge in [0.25, 0.3) is 5.91 Å². The van der Waals surface area contributed by atoms with Crippen molar-refractivity contribution in [1.82, 2.24) is 19.6 Å². The molecule has 3 fully saturated rings. The largest absolute Gasteiger partial charge is 0.506 e. The topological polar surface area (TPSA) is 143 Å². The molecule has 2 aromatic carbocycles. The zero-order valence-corrected chi connectivity index (χ0v) is 30.8. The molecule has 4 aliphatic rings. The number of amides is 4. The van der Waals surface area contributed by atoms with E-state index in [2.05, 4.69) is 10.2 Å². The van der Waals surface area contributed by atoms with E-state index < -0.39 is 46.6 Å². The van der Waals surface area contributed by atoms with Crippen LogP contribution in [0.4, 0.5) is 28.4 Å². The number of carboxylic acids is 1. The fourth-order valence-electron chi connectivity index (χ4n) is 8.37. The number of likely N-dealkylation sites (tertiary alicyclic amines) is 3. The van der Waals surface area contributed by atoms with Crippen LogP contribution in [-0.2, 0) is 33.3 Å². The lowest BCUT2D eigenvalue weighted by Crippen LogP contribution is -2.52. The smallest absolute Gasteiger partial charge is 0.420 e. The number of benzene rings is 2. The Morgan fingerprint density at radius 1 is 0.907 bits per heavy atom. The first kappa shape index (κ1) is 39.5. The van der Waals surface area contributed by atoms with Gasteiger partial charge in [-0.2, -0.15) is 13.2 Å². The van der Waals surface area contributed by atoms with Crippen LogP contribution in [0.5, 0.6) is 5.75 Å². The van der Waals surface area contributed by atoms with Gasteiger partial charge in [-0.1, -0.05) is 29.8 Å². The van der Waals surface area contributed by atoms with Gasteiger partial charge in [0.1, 0.15) is 5.75 Å². The third-order valence-electron chi connectivity index (χ3n) is 11.5. The molecule has 0 spiro atoms. The Kier molecular flexibility index (Phi) is 12.5. The van der Waals surface area contributed by atoms with Crippen LogP contribution in [0.15, 0.2) is 36.4 Å². The van der Waals surface area contributed by atoms with Gasteiger partial charge >= 0.3 is 24.3 Å². The predicted molar refractivity (Wildman–Crippen MR) is 193 cm³/mol. The average molecular weight is 778 g/mol. The van der Waals surface area contributed by atoms with Crippen LogP contribution in [0, 0.1) is 11.8 Å². The monoisotopic (exact) mass is 777 g/mol. The first-order chi connectivity index (χ1) is 25.8. The maximum atomic E-state index is 14.0. The van der Waals surface area contributed by atoms with Crippen molar-refractivity contribution < 1.29 is 47.3 Å². The van der Waals surface area contributed by atoms with E-state index in [0.29, 0.717) is 57.3 Å². The maximum absolute atomic E-state index is 14.0. The molecule has 12 nitrogen and oxygen atoms in total. The van der Waals surface area contributed by atoms with Gasteiger partial charge in [-0.25, -0.2) is 9.59 Å². The number of ether oxygens (including phenoxy) is 1. The fourth-order valence-corrected chi connectivity index (χ4v) is 8.62. The summed E-state index contributed by atoms with van der Waals surface area (Å²) in [6.45, 7) is 3.99. The number of alkyl halides is 3. The number of carbonyl (C=O) groups excluding carboxylic acids is 3.